The van der Waals surface area contributed by atoms with Crippen molar-refractivity contribution in [3.05, 3.63) is 29.3 Å². The van der Waals surface area contributed by atoms with Gasteiger partial charge >= 0.3 is 5.97 Å². The third kappa shape index (κ3) is 2.48. The van der Waals surface area contributed by atoms with E-state index in [2.05, 4.69) is 16.0 Å². The molecular formula is C11H9F2NO2. The van der Waals surface area contributed by atoms with E-state index in [4.69, 9.17) is 6.42 Å². The molecule has 0 saturated heterocycles. The normalized spacial score (nSPS) is 9.38. The first kappa shape index (κ1) is 12.0. The number of hydrogen-bond acceptors (Lipinski definition) is 3. The predicted molar refractivity (Wildman–Crippen MR) is 55.0 cm³/mol. The molecule has 0 atom stereocenters. The van der Waals surface area contributed by atoms with Crippen molar-refractivity contribution in [2.45, 2.75) is 0 Å². The van der Waals surface area contributed by atoms with Gasteiger partial charge in [-0.25, -0.2) is 13.6 Å². The molecular weight excluding hydrogens is 216 g/mol. The van der Waals surface area contributed by atoms with Crippen LogP contribution in [-0.2, 0) is 4.74 Å². The Kier molecular flexibility index (Phi) is 3.84. The van der Waals surface area contributed by atoms with Crippen molar-refractivity contribution in [2.24, 2.45) is 0 Å². The molecule has 0 saturated carbocycles. The number of anilines is 1. The van der Waals surface area contributed by atoms with Gasteiger partial charge in [-0.2, -0.15) is 0 Å². The van der Waals surface area contributed by atoms with E-state index >= 15 is 0 Å². The number of rotatable bonds is 3. The van der Waals surface area contributed by atoms with Crippen molar-refractivity contribution >= 4 is 11.7 Å². The average Bonchev–Trinajstić information content (AvgIpc) is 2.26. The number of terminal acetylenes is 1. The number of halogens is 2. The van der Waals surface area contributed by atoms with Crippen LogP contribution in [-0.4, -0.2) is 19.6 Å². The molecule has 0 bridgehead atoms. The second-order valence-electron chi connectivity index (χ2n) is 2.86. The van der Waals surface area contributed by atoms with Gasteiger partial charge in [0.1, 0.15) is 17.3 Å². The molecule has 1 aromatic rings. The molecule has 1 aromatic carbocycles. The summed E-state index contributed by atoms with van der Waals surface area (Å²) in [5.74, 6) is -0.407. The number of hydrogen-bond donors (Lipinski definition) is 1. The van der Waals surface area contributed by atoms with Crippen LogP contribution in [0.15, 0.2) is 12.1 Å². The molecule has 3 nitrogen and oxygen atoms in total. The van der Waals surface area contributed by atoms with E-state index in [0.29, 0.717) is 0 Å². The van der Waals surface area contributed by atoms with Crippen LogP contribution in [0.1, 0.15) is 10.4 Å². The molecule has 0 aliphatic carbocycles. The van der Waals surface area contributed by atoms with E-state index in [9.17, 15) is 13.6 Å². The Morgan fingerprint density at radius 2 is 2.06 bits per heavy atom. The predicted octanol–water partition coefficient (Wildman–Crippen LogP) is 1.80. The van der Waals surface area contributed by atoms with E-state index in [1.165, 1.54) is 0 Å². The Hall–Kier alpha value is -2.09. The van der Waals surface area contributed by atoms with Gasteiger partial charge in [-0.1, -0.05) is 5.92 Å². The zero-order valence-corrected chi connectivity index (χ0v) is 8.51. The fourth-order valence-corrected chi connectivity index (χ4v) is 1.12. The first-order valence-electron chi connectivity index (χ1n) is 4.34. The Morgan fingerprint density at radius 1 is 1.50 bits per heavy atom. The van der Waals surface area contributed by atoms with Crippen molar-refractivity contribution in [3.8, 4) is 12.3 Å². The van der Waals surface area contributed by atoms with E-state index in [-0.39, 0.29) is 17.8 Å². The summed E-state index contributed by atoms with van der Waals surface area (Å²) in [4.78, 5) is 11.0. The smallest absolute Gasteiger partial charge is 0.338 e. The Bertz CT molecular complexity index is 429. The minimum absolute atomic E-state index is 0.00852. The third-order valence-corrected chi connectivity index (χ3v) is 1.83. The maximum atomic E-state index is 13.4. The molecule has 0 spiro atoms. The lowest BCUT2D eigenvalue weighted by Gasteiger charge is -2.07. The fourth-order valence-electron chi connectivity index (χ4n) is 1.12. The Balaban J connectivity index is 3.08. The van der Waals surface area contributed by atoms with Crippen LogP contribution in [0.2, 0.25) is 0 Å². The molecule has 16 heavy (non-hydrogen) atoms. The van der Waals surface area contributed by atoms with Crippen LogP contribution in [0.4, 0.5) is 14.5 Å². The summed E-state index contributed by atoms with van der Waals surface area (Å²) < 4.78 is 31.0. The summed E-state index contributed by atoms with van der Waals surface area (Å²) in [5.41, 5.74) is -0.547. The van der Waals surface area contributed by atoms with Gasteiger partial charge in [-0.05, 0) is 12.1 Å². The van der Waals surface area contributed by atoms with Gasteiger partial charge in [-0.3, -0.25) is 0 Å². The van der Waals surface area contributed by atoms with Gasteiger partial charge in [0.2, 0.25) is 0 Å². The maximum Gasteiger partial charge on any atom is 0.338 e. The number of nitrogens with one attached hydrogen (secondary N) is 1. The molecule has 0 unspecified atom stereocenters. The number of benzene rings is 1. The molecule has 1 rings (SSSR count). The van der Waals surface area contributed by atoms with E-state index < -0.39 is 17.6 Å². The highest BCUT2D eigenvalue weighted by Gasteiger charge is 2.14. The first-order chi connectivity index (χ1) is 7.60. The minimum Gasteiger partial charge on any atom is -0.465 e. The SMILES string of the molecule is C#CCNc1c(F)cc(C(=O)OC)cc1F. The molecule has 0 aliphatic rings. The summed E-state index contributed by atoms with van der Waals surface area (Å²) in [7, 11) is 1.13. The van der Waals surface area contributed by atoms with Gasteiger partial charge in [-0.15, -0.1) is 6.42 Å². The summed E-state index contributed by atoms with van der Waals surface area (Å²) in [5, 5.41) is 2.38. The van der Waals surface area contributed by atoms with Crippen LogP contribution in [0.3, 0.4) is 0 Å². The summed E-state index contributed by atoms with van der Waals surface area (Å²) in [6, 6.07) is 1.77. The third-order valence-electron chi connectivity index (χ3n) is 1.83. The number of methoxy groups -OCH3 is 1. The highest BCUT2D eigenvalue weighted by Crippen LogP contribution is 2.20. The largest absolute Gasteiger partial charge is 0.465 e. The molecule has 5 heteroatoms. The van der Waals surface area contributed by atoms with Crippen molar-refractivity contribution in [2.75, 3.05) is 19.0 Å². The van der Waals surface area contributed by atoms with Gasteiger partial charge < -0.3 is 10.1 Å². The number of carbonyl (C=O) groups excluding carboxylic acids is 1. The van der Waals surface area contributed by atoms with Crippen molar-refractivity contribution < 1.29 is 18.3 Å². The molecule has 0 fully saturated rings. The lowest BCUT2D eigenvalue weighted by atomic mass is 10.2. The summed E-state index contributed by atoms with van der Waals surface area (Å²) >= 11 is 0. The zero-order valence-electron chi connectivity index (χ0n) is 8.51. The van der Waals surface area contributed by atoms with Crippen LogP contribution < -0.4 is 5.32 Å². The first-order valence-corrected chi connectivity index (χ1v) is 4.34. The summed E-state index contributed by atoms with van der Waals surface area (Å²) in [6.07, 6.45) is 4.94. The van der Waals surface area contributed by atoms with Crippen LogP contribution in [0.25, 0.3) is 0 Å². The van der Waals surface area contributed by atoms with Crippen molar-refractivity contribution in [1.29, 1.82) is 0 Å². The van der Waals surface area contributed by atoms with E-state index in [1.807, 2.05) is 0 Å². The Morgan fingerprint density at radius 3 is 2.50 bits per heavy atom. The molecule has 0 amide bonds. The quantitative estimate of drug-likeness (QED) is 0.629. The zero-order chi connectivity index (χ0) is 12.1. The molecule has 0 aromatic heterocycles. The van der Waals surface area contributed by atoms with Crippen molar-refractivity contribution in [3.63, 3.8) is 0 Å². The fraction of sp³-hybridized carbons (Fsp3) is 0.182. The lowest BCUT2D eigenvalue weighted by Crippen LogP contribution is -2.07. The van der Waals surface area contributed by atoms with Gasteiger partial charge in [0, 0.05) is 0 Å². The monoisotopic (exact) mass is 225 g/mol. The second kappa shape index (κ2) is 5.12. The average molecular weight is 225 g/mol. The maximum absolute atomic E-state index is 13.4. The topological polar surface area (TPSA) is 38.3 Å². The Labute approximate surface area is 91.4 Å². The highest BCUT2D eigenvalue weighted by molar-refractivity contribution is 5.89. The van der Waals surface area contributed by atoms with E-state index in [1.54, 1.807) is 0 Å². The van der Waals surface area contributed by atoms with Gasteiger partial charge in [0.25, 0.3) is 0 Å². The van der Waals surface area contributed by atoms with Crippen LogP contribution in [0.5, 0.6) is 0 Å². The number of carbonyl (C=O) groups is 1. The molecule has 1 N–H and O–H groups in total. The molecule has 0 heterocycles. The highest BCUT2D eigenvalue weighted by atomic mass is 19.1. The van der Waals surface area contributed by atoms with Gasteiger partial charge in [0.15, 0.2) is 0 Å². The molecule has 0 aliphatic heterocycles. The van der Waals surface area contributed by atoms with Crippen molar-refractivity contribution in [1.82, 2.24) is 0 Å². The lowest BCUT2D eigenvalue weighted by molar-refractivity contribution is 0.0599. The number of esters is 1. The molecule has 84 valence electrons. The second-order valence-corrected chi connectivity index (χ2v) is 2.86. The van der Waals surface area contributed by atoms with Crippen LogP contribution in [0, 0.1) is 24.0 Å². The van der Waals surface area contributed by atoms with E-state index in [0.717, 1.165) is 19.2 Å². The molecule has 0 radical (unpaired) electrons. The van der Waals surface area contributed by atoms with Gasteiger partial charge in [0.05, 0.1) is 19.2 Å². The minimum atomic E-state index is -0.893. The summed E-state index contributed by atoms with van der Waals surface area (Å²) in [6.45, 7) is -0.00852. The number of ether oxygens (including phenoxy) is 1. The standard InChI is InChI=1S/C11H9F2NO2/c1-3-4-14-10-8(12)5-7(6-9(10)13)11(15)16-2/h1,5-6,14H,4H2,2H3. The van der Waals surface area contributed by atoms with Crippen LogP contribution >= 0.6 is 0 Å².